The van der Waals surface area contributed by atoms with Gasteiger partial charge in [0.15, 0.2) is 0 Å². The van der Waals surface area contributed by atoms with Crippen molar-refractivity contribution in [2.24, 2.45) is 0 Å². The van der Waals surface area contributed by atoms with Gasteiger partial charge in [0.1, 0.15) is 0 Å². The van der Waals surface area contributed by atoms with Crippen molar-refractivity contribution >= 4 is 37.9 Å². The van der Waals surface area contributed by atoms with Crippen LogP contribution in [0.3, 0.4) is 0 Å². The summed E-state index contributed by atoms with van der Waals surface area (Å²) < 4.78 is 30.0. The van der Waals surface area contributed by atoms with Gasteiger partial charge in [-0.25, -0.2) is 0 Å². The molecule has 4 aromatic carbocycles. The molecule has 214 valence electrons. The fourth-order valence-corrected chi connectivity index (χ4v) is 2.64. The van der Waals surface area contributed by atoms with Gasteiger partial charge >= 0.3 is 62.3 Å². The molecule has 0 saturated heterocycles. The van der Waals surface area contributed by atoms with Crippen molar-refractivity contribution in [3.63, 3.8) is 0 Å². The first-order valence-corrected chi connectivity index (χ1v) is 10.8. The zero-order valence-corrected chi connectivity index (χ0v) is 24.4. The molecular weight excluding hydrogens is 616 g/mol. The molecule has 0 saturated carbocycles. The third-order valence-electron chi connectivity index (χ3n) is 4.13. The summed E-state index contributed by atoms with van der Waals surface area (Å²) in [6.07, 6.45) is 8.48. The Morgan fingerprint density at radius 1 is 0.357 bits per heavy atom. The molecule has 0 spiro atoms. The van der Waals surface area contributed by atoms with E-state index in [0.29, 0.717) is 0 Å². The van der Waals surface area contributed by atoms with Crippen LogP contribution in [0.15, 0.2) is 121 Å². The Labute approximate surface area is 269 Å². The van der Waals surface area contributed by atoms with Crippen LogP contribution in [0.25, 0.3) is 24.3 Å². The quantitative estimate of drug-likeness (QED) is 0.0784. The molecule has 6 nitrogen and oxygen atoms in total. The van der Waals surface area contributed by atoms with Crippen molar-refractivity contribution in [1.29, 1.82) is 0 Å². The average molecular weight is 642 g/mol. The molecule has 0 amide bonds. The molecule has 0 aromatic heterocycles. The molecule has 0 bridgehead atoms. The largest absolute Gasteiger partial charge is 2.00 e. The fraction of sp³-hybridized carbons (Fsp3) is 0. The molecule has 4 rings (SSSR count). The summed E-state index contributed by atoms with van der Waals surface area (Å²) in [7, 11) is 0. The van der Waals surface area contributed by atoms with Crippen LogP contribution in [0.2, 0.25) is 0 Å². The number of hydrogen-bond donors (Lipinski definition) is 0. The van der Waals surface area contributed by atoms with E-state index < -0.39 is 0 Å². The van der Waals surface area contributed by atoms with Crippen LogP contribution in [0.4, 0.5) is 0 Å². The van der Waals surface area contributed by atoms with Gasteiger partial charge in [0.05, 0.1) is 0 Å². The van der Waals surface area contributed by atoms with Crippen LogP contribution in [0.1, 0.15) is 22.3 Å². The van der Waals surface area contributed by atoms with Crippen LogP contribution in [0.5, 0.6) is 0 Å². The van der Waals surface area contributed by atoms with Crippen molar-refractivity contribution < 1.29 is 62.3 Å². The van der Waals surface area contributed by atoms with Crippen LogP contribution < -0.4 is 0 Å². The molecular formula is C34H26Fe2O6. The van der Waals surface area contributed by atoms with E-state index in [4.69, 9.17) is 28.2 Å². The second kappa shape index (κ2) is 46.5. The van der Waals surface area contributed by atoms with Gasteiger partial charge in [-0.05, 0) is 22.3 Å². The van der Waals surface area contributed by atoms with Crippen LogP contribution in [-0.4, -0.2) is 13.6 Å². The van der Waals surface area contributed by atoms with E-state index in [-0.39, 0.29) is 34.1 Å². The van der Waals surface area contributed by atoms with E-state index in [1.807, 2.05) is 72.8 Å². The van der Waals surface area contributed by atoms with Gasteiger partial charge in [0.2, 0.25) is 0 Å². The van der Waals surface area contributed by atoms with Gasteiger partial charge in [0.25, 0.3) is 0 Å². The Kier molecular flexibility index (Phi) is 56.0. The predicted molar refractivity (Wildman–Crippen MR) is 153 cm³/mol. The zero-order valence-electron chi connectivity index (χ0n) is 22.2. The van der Waals surface area contributed by atoms with Crippen LogP contribution in [0, 0.1) is 26.6 Å². The summed E-state index contributed by atoms with van der Waals surface area (Å²) in [5.74, 6) is 0. The fourth-order valence-electron chi connectivity index (χ4n) is 2.64. The molecule has 8 heteroatoms. The first kappa shape index (κ1) is 50.5. The second-order valence-electron chi connectivity index (χ2n) is 6.31. The zero-order chi connectivity index (χ0) is 31.3. The van der Waals surface area contributed by atoms with Crippen molar-refractivity contribution in [2.75, 3.05) is 0 Å². The SMILES string of the molecule is C(=C\c1ccccc1)/c1ccccc1.C(=C\c1ccccc1)/c1ccccc1.[C-]#[O+].[C-]#[O+].[C-]#[O+].[C-]#[O+].[CH-]=O.[CH-]=O.[Fe+2].[Fe]. The molecule has 0 atom stereocenters. The predicted octanol–water partition coefficient (Wildman–Crippen LogP) is 7.01. The summed E-state index contributed by atoms with van der Waals surface area (Å²) in [5.41, 5.74) is 4.93. The van der Waals surface area contributed by atoms with E-state index in [2.05, 4.69) is 113 Å². The Morgan fingerprint density at radius 2 is 0.476 bits per heavy atom. The summed E-state index contributed by atoms with van der Waals surface area (Å²) in [6, 6.07) is 41.3. The minimum atomic E-state index is 0. The number of hydrogen-bond acceptors (Lipinski definition) is 2. The standard InChI is InChI=1S/2C14H12.2CHO.4CO.2Fe/c2*1-3-7-13(8-4-1)11-12-14-9-5-2-6-10-14;6*1-2;;/h2*1-12H;2*1H;;;;;;/q;;2*-1;;;;;;+2/b2*12-11+;;;;;;;;. The molecule has 0 aliphatic carbocycles. The van der Waals surface area contributed by atoms with E-state index in [1.54, 1.807) is 0 Å². The van der Waals surface area contributed by atoms with E-state index >= 15 is 0 Å². The topological polar surface area (TPSA) is 114 Å². The van der Waals surface area contributed by atoms with Gasteiger partial charge in [-0.2, -0.15) is 0 Å². The minimum Gasteiger partial charge on any atom is -0.545 e. The second-order valence-corrected chi connectivity index (χ2v) is 6.31. The van der Waals surface area contributed by atoms with Crippen LogP contribution >= 0.6 is 0 Å². The summed E-state index contributed by atoms with van der Waals surface area (Å²) in [6.45, 7) is 24.5. The molecule has 0 N–H and O–H groups in total. The van der Waals surface area contributed by atoms with Gasteiger partial charge in [-0.15, -0.1) is 0 Å². The number of carbonyl (C=O) groups excluding carboxylic acids is 2. The van der Waals surface area contributed by atoms with Gasteiger partial charge in [0, 0.05) is 17.1 Å². The first-order chi connectivity index (χ1) is 19.9. The molecule has 0 unspecified atom stereocenters. The van der Waals surface area contributed by atoms with E-state index in [9.17, 15) is 0 Å². The maximum atomic E-state index is 7.75. The minimum absolute atomic E-state index is 0. The molecule has 42 heavy (non-hydrogen) atoms. The molecule has 0 fully saturated rings. The molecule has 0 heterocycles. The average Bonchev–Trinajstić information content (AvgIpc) is 3.10. The molecule has 0 radical (unpaired) electrons. The van der Waals surface area contributed by atoms with E-state index in [0.717, 1.165) is 0 Å². The van der Waals surface area contributed by atoms with Crippen molar-refractivity contribution in [1.82, 2.24) is 0 Å². The Hall–Kier alpha value is -4.30. The Balaban J connectivity index is -0.000000110. The normalized spacial score (nSPS) is 7.43. The maximum Gasteiger partial charge on any atom is 2.00 e. The molecule has 4 aromatic rings. The monoisotopic (exact) mass is 642 g/mol. The van der Waals surface area contributed by atoms with Crippen molar-refractivity contribution in [3.8, 4) is 0 Å². The van der Waals surface area contributed by atoms with Gasteiger partial charge in [-0.3, -0.25) is 13.6 Å². The van der Waals surface area contributed by atoms with Crippen LogP contribution in [-0.2, 0) is 62.3 Å². The van der Waals surface area contributed by atoms with Gasteiger partial charge in [-0.1, -0.05) is 146 Å². The summed E-state index contributed by atoms with van der Waals surface area (Å²) in [4.78, 5) is 15.5. The number of rotatable bonds is 4. The van der Waals surface area contributed by atoms with Gasteiger partial charge < -0.3 is 9.59 Å². The number of benzene rings is 4. The summed E-state index contributed by atoms with van der Waals surface area (Å²) in [5, 5.41) is 0. The Bertz CT molecular complexity index is 1010. The maximum absolute atomic E-state index is 7.75. The van der Waals surface area contributed by atoms with Crippen molar-refractivity contribution in [3.05, 3.63) is 170 Å². The van der Waals surface area contributed by atoms with E-state index in [1.165, 1.54) is 22.3 Å². The summed E-state index contributed by atoms with van der Waals surface area (Å²) >= 11 is 0. The molecule has 0 aliphatic rings. The smallest absolute Gasteiger partial charge is 0.545 e. The third kappa shape index (κ3) is 30.2. The third-order valence-corrected chi connectivity index (χ3v) is 4.13. The Morgan fingerprint density at radius 3 is 0.595 bits per heavy atom. The van der Waals surface area contributed by atoms with Crippen molar-refractivity contribution in [2.45, 2.75) is 0 Å². The first-order valence-electron chi connectivity index (χ1n) is 10.8. The molecule has 0 aliphatic heterocycles.